The van der Waals surface area contributed by atoms with Gasteiger partial charge in [0.25, 0.3) is 0 Å². The minimum atomic E-state index is -4.28. The monoisotopic (exact) mass is 299 g/mol. The van der Waals surface area contributed by atoms with Crippen molar-refractivity contribution >= 4 is 5.96 Å². The highest BCUT2D eigenvalue weighted by molar-refractivity contribution is 5.78. The van der Waals surface area contributed by atoms with Gasteiger partial charge in [-0.3, -0.25) is 4.99 Å². The fraction of sp³-hybridized carbons (Fsp3) is 0.533. The van der Waals surface area contributed by atoms with Crippen molar-refractivity contribution in [2.45, 2.75) is 31.9 Å². The third kappa shape index (κ3) is 4.65. The van der Waals surface area contributed by atoms with Gasteiger partial charge in [0.2, 0.25) is 0 Å². The molecule has 1 heterocycles. The Balaban J connectivity index is 1.85. The summed E-state index contributed by atoms with van der Waals surface area (Å²) in [4.78, 5) is 6.38. The Morgan fingerprint density at radius 3 is 2.29 bits per heavy atom. The van der Waals surface area contributed by atoms with Gasteiger partial charge in [0.05, 0.1) is 5.56 Å². The summed E-state index contributed by atoms with van der Waals surface area (Å²) in [7, 11) is 0. The number of halogens is 3. The van der Waals surface area contributed by atoms with Crippen LogP contribution in [0, 0.1) is 0 Å². The minimum Gasteiger partial charge on any atom is -0.370 e. The zero-order valence-electron chi connectivity index (χ0n) is 11.9. The summed E-state index contributed by atoms with van der Waals surface area (Å²) in [6.45, 7) is 2.37. The molecular weight excluding hydrogens is 279 g/mol. The normalized spacial score (nSPS) is 17.1. The zero-order valence-corrected chi connectivity index (χ0v) is 11.9. The molecule has 6 heteroatoms. The minimum absolute atomic E-state index is 0.494. The van der Waals surface area contributed by atoms with Crippen LogP contribution in [0.4, 0.5) is 13.2 Å². The van der Waals surface area contributed by atoms with E-state index in [9.17, 15) is 13.2 Å². The van der Waals surface area contributed by atoms with Crippen molar-refractivity contribution in [3.63, 3.8) is 0 Å². The Kier molecular flexibility index (Phi) is 5.09. The molecule has 2 rings (SSSR count). The van der Waals surface area contributed by atoms with E-state index in [2.05, 4.69) is 9.89 Å². The molecule has 1 fully saturated rings. The van der Waals surface area contributed by atoms with Crippen LogP contribution in [0.5, 0.6) is 0 Å². The van der Waals surface area contributed by atoms with E-state index in [4.69, 9.17) is 5.73 Å². The molecule has 0 bridgehead atoms. The second-order valence-electron chi connectivity index (χ2n) is 5.23. The number of benzene rings is 1. The van der Waals surface area contributed by atoms with Gasteiger partial charge in [0.1, 0.15) is 0 Å². The van der Waals surface area contributed by atoms with Crippen LogP contribution in [0.25, 0.3) is 0 Å². The van der Waals surface area contributed by atoms with E-state index < -0.39 is 11.7 Å². The smallest absolute Gasteiger partial charge is 0.370 e. The summed E-state index contributed by atoms with van der Waals surface area (Å²) in [5, 5.41) is 0. The number of hydrogen-bond acceptors (Lipinski definition) is 1. The van der Waals surface area contributed by atoms with Gasteiger partial charge < -0.3 is 10.6 Å². The molecule has 116 valence electrons. The van der Waals surface area contributed by atoms with Gasteiger partial charge >= 0.3 is 6.18 Å². The molecule has 2 N–H and O–H groups in total. The number of hydrogen-bond donors (Lipinski definition) is 1. The third-order valence-electron chi connectivity index (χ3n) is 3.64. The van der Waals surface area contributed by atoms with E-state index >= 15 is 0 Å². The summed E-state index contributed by atoms with van der Waals surface area (Å²) in [5.74, 6) is 0.543. The Morgan fingerprint density at radius 1 is 1.10 bits per heavy atom. The number of rotatable bonds is 3. The average Bonchev–Trinajstić information content (AvgIpc) is 2.47. The van der Waals surface area contributed by atoms with Crippen LogP contribution in [0.15, 0.2) is 29.3 Å². The zero-order chi connectivity index (χ0) is 15.3. The van der Waals surface area contributed by atoms with Crippen molar-refractivity contribution in [1.29, 1.82) is 0 Å². The second kappa shape index (κ2) is 6.83. The summed E-state index contributed by atoms with van der Waals surface area (Å²) < 4.78 is 37.3. The van der Waals surface area contributed by atoms with Crippen LogP contribution in [0.1, 0.15) is 30.4 Å². The lowest BCUT2D eigenvalue weighted by Gasteiger charge is -2.27. The van der Waals surface area contributed by atoms with Crippen molar-refractivity contribution in [2.24, 2.45) is 10.7 Å². The molecule has 0 radical (unpaired) electrons. The summed E-state index contributed by atoms with van der Waals surface area (Å²) in [6, 6.07) is 5.20. The predicted molar refractivity (Wildman–Crippen MR) is 77.1 cm³/mol. The van der Waals surface area contributed by atoms with Gasteiger partial charge in [-0.1, -0.05) is 12.1 Å². The van der Waals surface area contributed by atoms with E-state index in [1.54, 1.807) is 0 Å². The van der Waals surface area contributed by atoms with Crippen molar-refractivity contribution in [2.75, 3.05) is 19.6 Å². The molecule has 21 heavy (non-hydrogen) atoms. The first kappa shape index (κ1) is 15.7. The van der Waals surface area contributed by atoms with Crippen LogP contribution in [0.3, 0.4) is 0 Å². The van der Waals surface area contributed by atoms with Crippen molar-refractivity contribution in [3.05, 3.63) is 35.4 Å². The Morgan fingerprint density at radius 2 is 1.71 bits per heavy atom. The van der Waals surface area contributed by atoms with Gasteiger partial charge in [-0.25, -0.2) is 0 Å². The highest BCUT2D eigenvalue weighted by atomic mass is 19.4. The molecule has 0 aromatic heterocycles. The standard InChI is InChI=1S/C15H20F3N3/c16-15(17,18)13-6-4-12(5-7-13)8-9-20-14(19)21-10-2-1-3-11-21/h4-7H,1-3,8-11H2,(H2,19,20). The number of guanidine groups is 1. The fourth-order valence-corrected chi connectivity index (χ4v) is 2.38. The van der Waals surface area contributed by atoms with Crippen molar-refractivity contribution < 1.29 is 13.2 Å². The summed E-state index contributed by atoms with van der Waals surface area (Å²) in [6.07, 6.45) is -0.193. The van der Waals surface area contributed by atoms with E-state index in [1.165, 1.54) is 18.6 Å². The van der Waals surface area contributed by atoms with E-state index in [1.807, 2.05) is 0 Å². The quantitative estimate of drug-likeness (QED) is 0.688. The van der Waals surface area contributed by atoms with Crippen LogP contribution in [-0.2, 0) is 12.6 Å². The van der Waals surface area contributed by atoms with Gasteiger partial charge in [-0.15, -0.1) is 0 Å². The number of piperidine rings is 1. The lowest BCUT2D eigenvalue weighted by atomic mass is 10.1. The van der Waals surface area contributed by atoms with Gasteiger partial charge in [0, 0.05) is 19.6 Å². The Hall–Kier alpha value is -1.72. The number of nitrogens with two attached hydrogens (primary N) is 1. The maximum Gasteiger partial charge on any atom is 0.416 e. The Labute approximate surface area is 122 Å². The molecule has 0 saturated carbocycles. The first-order valence-electron chi connectivity index (χ1n) is 7.18. The largest absolute Gasteiger partial charge is 0.416 e. The van der Waals surface area contributed by atoms with E-state index in [-0.39, 0.29) is 0 Å². The number of alkyl halides is 3. The average molecular weight is 299 g/mol. The highest BCUT2D eigenvalue weighted by Gasteiger charge is 2.29. The van der Waals surface area contributed by atoms with Crippen LogP contribution < -0.4 is 5.73 Å². The molecule has 0 amide bonds. The molecular formula is C15H20F3N3. The first-order chi connectivity index (χ1) is 9.97. The molecule has 1 aliphatic heterocycles. The van der Waals surface area contributed by atoms with Crippen LogP contribution in [-0.4, -0.2) is 30.5 Å². The molecule has 1 aromatic rings. The Bertz CT molecular complexity index is 474. The topological polar surface area (TPSA) is 41.6 Å². The first-order valence-corrected chi connectivity index (χ1v) is 7.18. The van der Waals surface area contributed by atoms with Crippen LogP contribution in [0.2, 0.25) is 0 Å². The van der Waals surface area contributed by atoms with Crippen molar-refractivity contribution in [1.82, 2.24) is 4.90 Å². The molecule has 0 atom stereocenters. The molecule has 1 aliphatic rings. The van der Waals surface area contributed by atoms with Gasteiger partial charge in [-0.2, -0.15) is 13.2 Å². The fourth-order valence-electron chi connectivity index (χ4n) is 2.38. The predicted octanol–water partition coefficient (Wildman–Crippen LogP) is 3.05. The van der Waals surface area contributed by atoms with E-state index in [0.29, 0.717) is 18.9 Å². The number of nitrogens with zero attached hydrogens (tertiary/aromatic N) is 2. The SMILES string of the molecule is NC(=NCCc1ccc(C(F)(F)F)cc1)N1CCCCC1. The summed E-state index contributed by atoms with van der Waals surface area (Å²) >= 11 is 0. The van der Waals surface area contributed by atoms with E-state index in [0.717, 1.165) is 43.6 Å². The third-order valence-corrected chi connectivity index (χ3v) is 3.64. The maximum atomic E-state index is 12.4. The maximum absolute atomic E-state index is 12.4. The lowest BCUT2D eigenvalue weighted by molar-refractivity contribution is -0.137. The number of likely N-dealkylation sites (tertiary alicyclic amines) is 1. The highest BCUT2D eigenvalue weighted by Crippen LogP contribution is 2.29. The molecule has 1 aromatic carbocycles. The lowest BCUT2D eigenvalue weighted by Crippen LogP contribution is -2.41. The van der Waals surface area contributed by atoms with Gasteiger partial charge in [0.15, 0.2) is 5.96 Å². The molecule has 0 unspecified atom stereocenters. The molecule has 0 aliphatic carbocycles. The molecule has 1 saturated heterocycles. The molecule has 3 nitrogen and oxygen atoms in total. The number of aliphatic imine (C=N–C) groups is 1. The molecule has 0 spiro atoms. The van der Waals surface area contributed by atoms with Crippen LogP contribution >= 0.6 is 0 Å². The second-order valence-corrected chi connectivity index (χ2v) is 5.23. The van der Waals surface area contributed by atoms with Gasteiger partial charge in [-0.05, 0) is 43.4 Å². The van der Waals surface area contributed by atoms with Crippen molar-refractivity contribution in [3.8, 4) is 0 Å². The summed E-state index contributed by atoms with van der Waals surface area (Å²) in [5.41, 5.74) is 6.13.